The summed E-state index contributed by atoms with van der Waals surface area (Å²) in [5.41, 5.74) is 3.33. The Bertz CT molecular complexity index is 662. The summed E-state index contributed by atoms with van der Waals surface area (Å²) < 4.78 is 0. The van der Waals surface area contributed by atoms with E-state index in [9.17, 15) is 4.79 Å². The van der Waals surface area contributed by atoms with Crippen LogP contribution >= 0.6 is 11.3 Å². The van der Waals surface area contributed by atoms with Gasteiger partial charge in [0.2, 0.25) is 5.91 Å². The van der Waals surface area contributed by atoms with Gasteiger partial charge >= 0.3 is 0 Å². The minimum atomic E-state index is 0.175. The number of carbonyl (C=O) groups excluding carboxylic acids is 1. The maximum Gasteiger partial charge on any atom is 0.232 e. The Morgan fingerprint density at radius 2 is 2.15 bits per heavy atom. The fourth-order valence-corrected chi connectivity index (χ4v) is 3.83. The third kappa shape index (κ3) is 2.24. The molecule has 1 unspecified atom stereocenters. The van der Waals surface area contributed by atoms with Gasteiger partial charge in [0.05, 0.1) is 17.1 Å². The number of hydrogen-bond donors (Lipinski definition) is 0. The van der Waals surface area contributed by atoms with Crippen LogP contribution in [0.3, 0.4) is 0 Å². The van der Waals surface area contributed by atoms with Crippen molar-refractivity contribution < 1.29 is 4.79 Å². The highest BCUT2D eigenvalue weighted by atomic mass is 32.1. The largest absolute Gasteiger partial charge is 0.309 e. The Hall–Kier alpha value is -1.68. The van der Waals surface area contributed by atoms with Gasteiger partial charge in [-0.15, -0.1) is 11.3 Å². The lowest BCUT2D eigenvalue weighted by molar-refractivity contribution is -0.118. The van der Waals surface area contributed by atoms with E-state index < -0.39 is 0 Å². The highest BCUT2D eigenvalue weighted by Gasteiger charge is 2.30. The Kier molecular flexibility index (Phi) is 3.34. The number of nitrogens with zero attached hydrogens (tertiary/aromatic N) is 2. The molecule has 0 saturated carbocycles. The van der Waals surface area contributed by atoms with Gasteiger partial charge in [-0.3, -0.25) is 4.79 Å². The standard InChI is InChI=1S/C16H18N2OS/c1-10-8-13-6-4-5-7-14(13)18(10)16(19)9-15-11(2)17-12(3)20-15/h4-7,10H,8-9H2,1-3H3. The van der Waals surface area contributed by atoms with E-state index in [0.29, 0.717) is 6.42 Å². The molecule has 3 rings (SSSR count). The zero-order valence-electron chi connectivity index (χ0n) is 12.0. The van der Waals surface area contributed by atoms with Gasteiger partial charge in [0.1, 0.15) is 0 Å². The molecule has 1 aromatic carbocycles. The van der Waals surface area contributed by atoms with Crippen LogP contribution in [0.4, 0.5) is 5.69 Å². The molecule has 0 radical (unpaired) electrons. The maximum atomic E-state index is 12.7. The normalized spacial score (nSPS) is 17.4. The lowest BCUT2D eigenvalue weighted by Gasteiger charge is -2.22. The molecular formula is C16H18N2OS. The second kappa shape index (κ2) is 5.02. The molecule has 104 valence electrons. The summed E-state index contributed by atoms with van der Waals surface area (Å²) in [6.45, 7) is 6.08. The molecule has 0 spiro atoms. The van der Waals surface area contributed by atoms with Crippen LogP contribution in [-0.4, -0.2) is 16.9 Å². The molecule has 2 aromatic rings. The molecule has 0 bridgehead atoms. The van der Waals surface area contributed by atoms with Crippen LogP contribution in [0.15, 0.2) is 24.3 Å². The van der Waals surface area contributed by atoms with Crippen LogP contribution in [0.25, 0.3) is 0 Å². The summed E-state index contributed by atoms with van der Waals surface area (Å²) in [5, 5.41) is 1.03. The van der Waals surface area contributed by atoms with E-state index in [2.05, 4.69) is 18.0 Å². The Balaban J connectivity index is 1.86. The SMILES string of the molecule is Cc1nc(C)c(CC(=O)N2c3ccccc3CC2C)s1. The van der Waals surface area contributed by atoms with Crippen LogP contribution in [0.2, 0.25) is 0 Å². The summed E-state index contributed by atoms with van der Waals surface area (Å²) in [7, 11) is 0. The molecule has 1 atom stereocenters. The molecule has 0 aliphatic carbocycles. The van der Waals surface area contributed by atoms with Gasteiger partial charge in [0, 0.05) is 16.6 Å². The first-order valence-electron chi connectivity index (χ1n) is 6.89. The summed E-state index contributed by atoms with van der Waals surface area (Å²) in [4.78, 5) is 20.1. The zero-order valence-corrected chi connectivity index (χ0v) is 12.8. The van der Waals surface area contributed by atoms with Gasteiger partial charge in [-0.25, -0.2) is 4.98 Å². The maximum absolute atomic E-state index is 12.7. The van der Waals surface area contributed by atoms with Crippen molar-refractivity contribution in [2.45, 2.75) is 39.7 Å². The fourth-order valence-electron chi connectivity index (χ4n) is 2.91. The summed E-state index contributed by atoms with van der Waals surface area (Å²) in [6, 6.07) is 8.44. The average Bonchev–Trinajstić information content (AvgIpc) is 2.88. The Labute approximate surface area is 123 Å². The van der Waals surface area contributed by atoms with Crippen molar-refractivity contribution in [1.82, 2.24) is 4.98 Å². The molecule has 0 saturated heterocycles. The van der Waals surface area contributed by atoms with Crippen LogP contribution in [0.5, 0.6) is 0 Å². The predicted molar refractivity (Wildman–Crippen MR) is 82.4 cm³/mol. The summed E-state index contributed by atoms with van der Waals surface area (Å²) in [6.07, 6.45) is 1.40. The van der Waals surface area contributed by atoms with Crippen LogP contribution in [0.1, 0.15) is 28.1 Å². The predicted octanol–water partition coefficient (Wildman–Crippen LogP) is 3.28. The minimum Gasteiger partial charge on any atom is -0.309 e. The lowest BCUT2D eigenvalue weighted by atomic mass is 10.1. The van der Waals surface area contributed by atoms with E-state index in [1.54, 1.807) is 11.3 Å². The number of amides is 1. The van der Waals surface area contributed by atoms with Crippen molar-refractivity contribution in [1.29, 1.82) is 0 Å². The van der Waals surface area contributed by atoms with E-state index in [0.717, 1.165) is 27.7 Å². The molecule has 4 heteroatoms. The molecule has 20 heavy (non-hydrogen) atoms. The molecule has 1 aliphatic heterocycles. The van der Waals surface area contributed by atoms with Crippen molar-refractivity contribution in [3.05, 3.63) is 45.4 Å². The molecule has 2 heterocycles. The van der Waals surface area contributed by atoms with Crippen molar-refractivity contribution in [3.63, 3.8) is 0 Å². The van der Waals surface area contributed by atoms with Crippen molar-refractivity contribution >= 4 is 22.9 Å². The van der Waals surface area contributed by atoms with Crippen molar-refractivity contribution in [3.8, 4) is 0 Å². The van der Waals surface area contributed by atoms with E-state index >= 15 is 0 Å². The highest BCUT2D eigenvalue weighted by Crippen LogP contribution is 2.32. The number of aryl methyl sites for hydroxylation is 2. The number of thiazole rings is 1. The Morgan fingerprint density at radius 3 is 2.85 bits per heavy atom. The second-order valence-corrected chi connectivity index (χ2v) is 6.65. The molecule has 1 amide bonds. The summed E-state index contributed by atoms with van der Waals surface area (Å²) in [5.74, 6) is 0.175. The van der Waals surface area contributed by atoms with Crippen molar-refractivity contribution in [2.75, 3.05) is 4.90 Å². The lowest BCUT2D eigenvalue weighted by Crippen LogP contribution is -2.36. The Morgan fingerprint density at radius 1 is 1.40 bits per heavy atom. The third-order valence-electron chi connectivity index (χ3n) is 3.79. The van der Waals surface area contributed by atoms with E-state index in [4.69, 9.17) is 0 Å². The number of anilines is 1. The second-order valence-electron chi connectivity index (χ2n) is 5.36. The highest BCUT2D eigenvalue weighted by molar-refractivity contribution is 7.11. The molecule has 0 N–H and O–H groups in total. The molecule has 0 fully saturated rings. The smallest absolute Gasteiger partial charge is 0.232 e. The van der Waals surface area contributed by atoms with Gasteiger partial charge in [-0.05, 0) is 38.8 Å². The van der Waals surface area contributed by atoms with Gasteiger partial charge in [-0.2, -0.15) is 0 Å². The van der Waals surface area contributed by atoms with Crippen LogP contribution < -0.4 is 4.90 Å². The zero-order chi connectivity index (χ0) is 14.3. The first-order valence-corrected chi connectivity index (χ1v) is 7.71. The van der Waals surface area contributed by atoms with Crippen LogP contribution in [-0.2, 0) is 17.6 Å². The molecule has 3 nitrogen and oxygen atoms in total. The van der Waals surface area contributed by atoms with E-state index in [1.807, 2.05) is 36.9 Å². The first kappa shape index (κ1) is 13.3. The number of aromatic nitrogens is 1. The number of benzene rings is 1. The number of rotatable bonds is 2. The topological polar surface area (TPSA) is 33.2 Å². The average molecular weight is 286 g/mol. The minimum absolute atomic E-state index is 0.175. The molecule has 1 aromatic heterocycles. The van der Waals surface area contributed by atoms with E-state index in [1.165, 1.54) is 5.56 Å². The van der Waals surface area contributed by atoms with Crippen molar-refractivity contribution in [2.24, 2.45) is 0 Å². The molecular weight excluding hydrogens is 268 g/mol. The van der Waals surface area contributed by atoms with Gasteiger partial charge in [-0.1, -0.05) is 18.2 Å². The molecule has 1 aliphatic rings. The number of para-hydroxylation sites is 1. The monoisotopic (exact) mass is 286 g/mol. The quantitative estimate of drug-likeness (QED) is 0.849. The van der Waals surface area contributed by atoms with Gasteiger partial charge in [0.25, 0.3) is 0 Å². The summed E-state index contributed by atoms with van der Waals surface area (Å²) >= 11 is 1.63. The first-order chi connectivity index (χ1) is 9.56. The van der Waals surface area contributed by atoms with Crippen LogP contribution in [0, 0.1) is 13.8 Å². The van der Waals surface area contributed by atoms with E-state index in [-0.39, 0.29) is 11.9 Å². The van der Waals surface area contributed by atoms with Gasteiger partial charge < -0.3 is 4.90 Å². The third-order valence-corrected chi connectivity index (χ3v) is 4.86. The number of hydrogen-bond acceptors (Lipinski definition) is 3. The van der Waals surface area contributed by atoms with Gasteiger partial charge in [0.15, 0.2) is 0 Å². The number of fused-ring (bicyclic) bond motifs is 1. The fraction of sp³-hybridized carbons (Fsp3) is 0.375. The number of carbonyl (C=O) groups is 1.